The Balaban J connectivity index is 1.77. The molecule has 6 N–H and O–H groups in total. The van der Waals surface area contributed by atoms with Gasteiger partial charge in [-0.05, 0) is 40.8 Å². The van der Waals surface area contributed by atoms with Gasteiger partial charge in [0.2, 0.25) is 15.9 Å². The van der Waals surface area contributed by atoms with Crippen LogP contribution in [0.3, 0.4) is 0 Å². The maximum absolute atomic E-state index is 11.5. The van der Waals surface area contributed by atoms with E-state index in [0.717, 1.165) is 22.9 Å². The van der Waals surface area contributed by atoms with Crippen LogP contribution < -0.4 is 15.8 Å². The number of carbonyl (C=O) groups excluding carboxylic acids is 1. The van der Waals surface area contributed by atoms with Crippen LogP contribution >= 0.6 is 0 Å². The van der Waals surface area contributed by atoms with Gasteiger partial charge < -0.3 is 21.3 Å². The van der Waals surface area contributed by atoms with Crippen LogP contribution in [0.5, 0.6) is 5.75 Å². The fraction of sp³-hybridized carbons (Fsp3) is 0.240. The third kappa shape index (κ3) is 7.58. The molecule has 0 aliphatic rings. The predicted molar refractivity (Wildman–Crippen MR) is 132 cm³/mol. The smallest absolute Gasteiger partial charge is 0.229 e. The van der Waals surface area contributed by atoms with Gasteiger partial charge in [-0.25, -0.2) is 8.42 Å². The van der Waals surface area contributed by atoms with E-state index in [4.69, 9.17) is 5.73 Å². The molecule has 0 aromatic heterocycles. The van der Waals surface area contributed by atoms with E-state index in [9.17, 15) is 23.4 Å². The van der Waals surface area contributed by atoms with Gasteiger partial charge in [-0.1, -0.05) is 60.7 Å². The van der Waals surface area contributed by atoms with E-state index < -0.39 is 22.0 Å². The van der Waals surface area contributed by atoms with Gasteiger partial charge in [0, 0.05) is 12.6 Å². The fourth-order valence-corrected chi connectivity index (χ4v) is 4.20. The largest absolute Gasteiger partial charge is 0.506 e. The molecule has 0 aliphatic carbocycles. The first-order chi connectivity index (χ1) is 16.1. The summed E-state index contributed by atoms with van der Waals surface area (Å²) in [5.41, 5.74) is 8.65. The Morgan fingerprint density at radius 1 is 0.971 bits per heavy atom. The van der Waals surface area contributed by atoms with Gasteiger partial charge in [0.1, 0.15) is 5.75 Å². The quantitative estimate of drug-likeness (QED) is 0.265. The van der Waals surface area contributed by atoms with Crippen molar-refractivity contribution in [3.63, 3.8) is 0 Å². The molecule has 8 nitrogen and oxygen atoms in total. The molecular formula is C25H29N3O5S. The van der Waals surface area contributed by atoms with E-state index in [1.807, 2.05) is 54.6 Å². The van der Waals surface area contributed by atoms with Crippen LogP contribution in [0.4, 0.5) is 5.69 Å². The highest BCUT2D eigenvalue weighted by molar-refractivity contribution is 7.92. The molecule has 3 aromatic rings. The molecule has 0 heterocycles. The highest BCUT2D eigenvalue weighted by Gasteiger charge is 2.17. The van der Waals surface area contributed by atoms with E-state index in [2.05, 4.69) is 10.0 Å². The van der Waals surface area contributed by atoms with Crippen molar-refractivity contribution in [2.45, 2.75) is 25.0 Å². The molecule has 1 amide bonds. The van der Waals surface area contributed by atoms with Crippen LogP contribution in [0.15, 0.2) is 72.8 Å². The monoisotopic (exact) mass is 483 g/mol. The van der Waals surface area contributed by atoms with Crippen molar-refractivity contribution in [3.8, 4) is 5.75 Å². The van der Waals surface area contributed by atoms with Crippen molar-refractivity contribution in [1.82, 2.24) is 5.32 Å². The third-order valence-corrected chi connectivity index (χ3v) is 5.89. The number of hydrogen-bond donors (Lipinski definition) is 5. The molecule has 34 heavy (non-hydrogen) atoms. The second-order valence-electron chi connectivity index (χ2n) is 8.20. The Labute approximate surface area is 199 Å². The number of benzene rings is 3. The molecule has 0 bridgehead atoms. The van der Waals surface area contributed by atoms with Gasteiger partial charge in [0.15, 0.2) is 0 Å². The number of nitrogens with two attached hydrogens (primary N) is 1. The molecule has 0 spiro atoms. The van der Waals surface area contributed by atoms with E-state index >= 15 is 0 Å². The van der Waals surface area contributed by atoms with Crippen LogP contribution in [0.2, 0.25) is 0 Å². The summed E-state index contributed by atoms with van der Waals surface area (Å²) in [7, 11) is -3.59. The van der Waals surface area contributed by atoms with E-state index in [1.165, 1.54) is 12.1 Å². The second-order valence-corrected chi connectivity index (χ2v) is 9.95. The normalized spacial score (nSPS) is 13.2. The van der Waals surface area contributed by atoms with Crippen LogP contribution in [-0.2, 0) is 27.7 Å². The number of carbonyl (C=O) groups is 1. The zero-order chi connectivity index (χ0) is 24.7. The zero-order valence-corrected chi connectivity index (χ0v) is 19.6. The minimum Gasteiger partial charge on any atom is -0.506 e. The van der Waals surface area contributed by atoms with E-state index in [-0.39, 0.29) is 30.4 Å². The summed E-state index contributed by atoms with van der Waals surface area (Å²) < 4.78 is 25.3. The van der Waals surface area contributed by atoms with Gasteiger partial charge in [0.25, 0.3) is 0 Å². The summed E-state index contributed by atoms with van der Waals surface area (Å²) in [5, 5.41) is 24.1. The Kier molecular flexibility index (Phi) is 8.27. The fourth-order valence-electron chi connectivity index (χ4n) is 3.64. The van der Waals surface area contributed by atoms with E-state index in [0.29, 0.717) is 12.0 Å². The number of nitrogens with one attached hydrogen (secondary N) is 2. The van der Waals surface area contributed by atoms with Crippen LogP contribution in [0.25, 0.3) is 0 Å². The SMILES string of the molecule is CS(=O)(=O)Nc1cc([C@@H](O)CN[C@H](Cc2ccccc2)c2ccc(CC(N)=O)cc2)ccc1O. The molecule has 3 rings (SSSR count). The zero-order valence-electron chi connectivity index (χ0n) is 18.8. The first kappa shape index (κ1) is 25.2. The van der Waals surface area contributed by atoms with Crippen molar-refractivity contribution >= 4 is 21.6 Å². The number of aliphatic hydroxyl groups is 1. The summed E-state index contributed by atoms with van der Waals surface area (Å²) in [5.74, 6) is -0.624. The number of aliphatic hydroxyl groups excluding tert-OH is 1. The maximum atomic E-state index is 11.5. The third-order valence-electron chi connectivity index (χ3n) is 5.30. The van der Waals surface area contributed by atoms with Crippen molar-refractivity contribution in [2.75, 3.05) is 17.5 Å². The Morgan fingerprint density at radius 2 is 1.62 bits per heavy atom. The molecule has 0 aliphatic heterocycles. The number of rotatable bonds is 11. The Hall–Kier alpha value is -3.40. The molecule has 0 saturated carbocycles. The first-order valence-corrected chi connectivity index (χ1v) is 12.6. The van der Waals surface area contributed by atoms with E-state index in [1.54, 1.807) is 6.07 Å². The Bertz CT molecular complexity index is 1220. The number of sulfonamides is 1. The van der Waals surface area contributed by atoms with Crippen molar-refractivity contribution in [1.29, 1.82) is 0 Å². The van der Waals surface area contributed by atoms with Crippen molar-refractivity contribution < 1.29 is 23.4 Å². The standard InChI is InChI=1S/C25H29N3O5S/c1-34(32,33)28-22-15-20(11-12-23(22)29)24(30)16-27-21(13-17-5-3-2-4-6-17)19-9-7-18(8-10-19)14-25(26)31/h2-12,15,21,24,27-30H,13-14,16H2,1H3,(H2,26,31)/t21-,24+/m1/s1. The lowest BCUT2D eigenvalue weighted by atomic mass is 9.97. The van der Waals surface area contributed by atoms with Gasteiger partial charge in [0.05, 0.1) is 24.5 Å². The highest BCUT2D eigenvalue weighted by atomic mass is 32.2. The lowest BCUT2D eigenvalue weighted by Gasteiger charge is -2.22. The molecule has 0 unspecified atom stereocenters. The molecule has 0 radical (unpaired) electrons. The average molecular weight is 484 g/mol. The van der Waals surface area contributed by atoms with Crippen LogP contribution in [0, 0.1) is 0 Å². The van der Waals surface area contributed by atoms with Gasteiger partial charge in [-0.3, -0.25) is 9.52 Å². The minimum absolute atomic E-state index is 0.00456. The molecular weight excluding hydrogens is 454 g/mol. The number of aromatic hydroxyl groups is 1. The Morgan fingerprint density at radius 3 is 2.24 bits per heavy atom. The number of anilines is 1. The predicted octanol–water partition coefficient (Wildman–Crippen LogP) is 2.40. The molecule has 0 saturated heterocycles. The molecule has 3 aromatic carbocycles. The topological polar surface area (TPSA) is 142 Å². The highest BCUT2D eigenvalue weighted by Crippen LogP contribution is 2.28. The number of hydrogen-bond acceptors (Lipinski definition) is 6. The van der Waals surface area contributed by atoms with Gasteiger partial charge in [-0.2, -0.15) is 0 Å². The summed E-state index contributed by atoms with van der Waals surface area (Å²) in [6.45, 7) is 0.184. The molecule has 0 fully saturated rings. The van der Waals surface area contributed by atoms with Crippen molar-refractivity contribution in [2.24, 2.45) is 5.73 Å². The summed E-state index contributed by atoms with van der Waals surface area (Å²) in [6.07, 6.45) is 0.868. The number of amides is 1. The average Bonchev–Trinajstić information content (AvgIpc) is 2.78. The number of phenolic OH excluding ortho intramolecular Hbond substituents is 1. The van der Waals surface area contributed by atoms with Gasteiger partial charge in [-0.15, -0.1) is 0 Å². The summed E-state index contributed by atoms with van der Waals surface area (Å²) in [4.78, 5) is 11.2. The molecule has 180 valence electrons. The van der Waals surface area contributed by atoms with Crippen LogP contribution in [-0.4, -0.2) is 37.3 Å². The minimum atomic E-state index is -3.59. The molecule has 2 atom stereocenters. The number of primary amides is 1. The van der Waals surface area contributed by atoms with Crippen molar-refractivity contribution in [3.05, 3.63) is 95.1 Å². The number of phenols is 1. The maximum Gasteiger partial charge on any atom is 0.229 e. The summed E-state index contributed by atoms with van der Waals surface area (Å²) >= 11 is 0. The lowest BCUT2D eigenvalue weighted by molar-refractivity contribution is -0.117. The second kappa shape index (κ2) is 11.1. The summed E-state index contributed by atoms with van der Waals surface area (Å²) in [6, 6.07) is 21.7. The van der Waals surface area contributed by atoms with Crippen LogP contribution in [0.1, 0.15) is 34.4 Å². The molecule has 9 heteroatoms. The lowest BCUT2D eigenvalue weighted by Crippen LogP contribution is -2.28. The first-order valence-electron chi connectivity index (χ1n) is 10.7. The van der Waals surface area contributed by atoms with Gasteiger partial charge >= 0.3 is 0 Å².